The zero-order chi connectivity index (χ0) is 13.7. The lowest BCUT2D eigenvalue weighted by Gasteiger charge is -2.21. The Balaban J connectivity index is 2.00. The van der Waals surface area contributed by atoms with Gasteiger partial charge in [0.1, 0.15) is 5.69 Å². The largest absolute Gasteiger partial charge is 0.289 e. The molecule has 2 aliphatic rings. The lowest BCUT2D eigenvalue weighted by atomic mass is 9.86. The van der Waals surface area contributed by atoms with Crippen molar-refractivity contribution in [2.24, 2.45) is 0 Å². The number of benzene rings is 1. The number of carbonyl (C=O) groups excluding carboxylic acids is 2. The Labute approximate surface area is 116 Å². The number of carbonyl (C=O) groups is 2. The van der Waals surface area contributed by atoms with Gasteiger partial charge >= 0.3 is 0 Å². The van der Waals surface area contributed by atoms with Crippen molar-refractivity contribution < 1.29 is 9.59 Å². The molecule has 0 radical (unpaired) electrons. The van der Waals surface area contributed by atoms with Gasteiger partial charge in [0, 0.05) is 5.56 Å². The molecule has 0 fully saturated rings. The smallest absolute Gasteiger partial charge is 0.205 e. The van der Waals surface area contributed by atoms with Crippen molar-refractivity contribution in [2.45, 2.75) is 12.8 Å². The average molecular weight is 261 g/mol. The molecule has 0 atom stereocenters. The number of aromatic nitrogens is 1. The molecule has 0 aliphatic heterocycles. The molecule has 0 N–H and O–H groups in total. The highest BCUT2D eigenvalue weighted by molar-refractivity contribution is 6.21. The second-order valence-corrected chi connectivity index (χ2v) is 5.11. The summed E-state index contributed by atoms with van der Waals surface area (Å²) in [6.45, 7) is 0. The lowest BCUT2D eigenvalue weighted by Crippen LogP contribution is -2.17. The third-order valence-electron chi connectivity index (χ3n) is 3.92. The summed E-state index contributed by atoms with van der Waals surface area (Å²) in [6.07, 6.45) is 4.44. The van der Waals surface area contributed by atoms with Gasteiger partial charge in [-0.2, -0.15) is 0 Å². The molecule has 20 heavy (non-hydrogen) atoms. The molecular weight excluding hydrogens is 250 g/mol. The van der Waals surface area contributed by atoms with E-state index in [9.17, 15) is 9.59 Å². The average Bonchev–Trinajstić information content (AvgIpc) is 2.50. The Kier molecular flexibility index (Phi) is 2.24. The Morgan fingerprint density at radius 1 is 0.800 bits per heavy atom. The van der Waals surface area contributed by atoms with Crippen molar-refractivity contribution >= 4 is 11.6 Å². The van der Waals surface area contributed by atoms with E-state index in [4.69, 9.17) is 0 Å². The van der Waals surface area contributed by atoms with Crippen molar-refractivity contribution in [3.05, 3.63) is 64.9 Å². The molecule has 0 saturated carbocycles. The number of rotatable bonds is 0. The Morgan fingerprint density at radius 3 is 2.45 bits per heavy atom. The van der Waals surface area contributed by atoms with Gasteiger partial charge in [0.25, 0.3) is 0 Å². The number of nitrogens with zero attached hydrogens (tertiary/aromatic N) is 1. The van der Waals surface area contributed by atoms with Crippen molar-refractivity contribution in [1.82, 2.24) is 4.98 Å². The minimum atomic E-state index is -0.189. The fourth-order valence-corrected chi connectivity index (χ4v) is 2.91. The summed E-state index contributed by atoms with van der Waals surface area (Å²) in [5.74, 6) is -0.320. The molecule has 0 bridgehead atoms. The third-order valence-corrected chi connectivity index (χ3v) is 3.92. The highest BCUT2D eigenvalue weighted by Crippen LogP contribution is 2.33. The van der Waals surface area contributed by atoms with E-state index in [0.29, 0.717) is 5.56 Å². The van der Waals surface area contributed by atoms with Crippen LogP contribution in [0.15, 0.2) is 42.5 Å². The van der Waals surface area contributed by atoms with Gasteiger partial charge < -0.3 is 0 Å². The number of allylic oxidation sites excluding steroid dienone is 2. The van der Waals surface area contributed by atoms with E-state index in [2.05, 4.69) is 11.1 Å². The van der Waals surface area contributed by atoms with Gasteiger partial charge in [0.05, 0.1) is 11.3 Å². The first-order valence-electron chi connectivity index (χ1n) is 6.63. The second-order valence-electron chi connectivity index (χ2n) is 5.11. The summed E-state index contributed by atoms with van der Waals surface area (Å²) < 4.78 is 0. The Hall–Kier alpha value is -2.55. The molecule has 3 nitrogen and oxygen atoms in total. The van der Waals surface area contributed by atoms with Gasteiger partial charge in [-0.3, -0.25) is 9.59 Å². The van der Waals surface area contributed by atoms with Crippen molar-refractivity contribution in [3.8, 4) is 11.3 Å². The molecule has 2 aliphatic carbocycles. The topological polar surface area (TPSA) is 47.0 Å². The summed E-state index contributed by atoms with van der Waals surface area (Å²) in [5.41, 5.74) is 4.95. The quantitative estimate of drug-likeness (QED) is 0.732. The molecule has 0 unspecified atom stereocenters. The summed E-state index contributed by atoms with van der Waals surface area (Å²) in [7, 11) is 0. The van der Waals surface area contributed by atoms with E-state index in [1.807, 2.05) is 24.3 Å². The van der Waals surface area contributed by atoms with Crippen LogP contribution < -0.4 is 0 Å². The van der Waals surface area contributed by atoms with E-state index in [1.165, 1.54) is 17.7 Å². The van der Waals surface area contributed by atoms with Gasteiger partial charge in [-0.15, -0.1) is 0 Å². The summed E-state index contributed by atoms with van der Waals surface area (Å²) in [4.78, 5) is 28.3. The van der Waals surface area contributed by atoms with Gasteiger partial charge in [-0.05, 0) is 42.2 Å². The molecular formula is C17H11NO2. The molecule has 2 aromatic rings. The maximum Gasteiger partial charge on any atom is 0.205 e. The number of pyridine rings is 1. The minimum Gasteiger partial charge on any atom is -0.289 e. The summed E-state index contributed by atoms with van der Waals surface area (Å²) in [6, 6.07) is 9.95. The zero-order valence-electron chi connectivity index (χ0n) is 10.7. The summed E-state index contributed by atoms with van der Waals surface area (Å²) >= 11 is 0. The molecule has 1 heterocycles. The van der Waals surface area contributed by atoms with E-state index in [0.717, 1.165) is 29.7 Å². The Morgan fingerprint density at radius 2 is 1.55 bits per heavy atom. The van der Waals surface area contributed by atoms with Crippen LogP contribution in [0.5, 0.6) is 0 Å². The SMILES string of the molecule is O=C1C=CC(=O)c2nc3c(cc21)CCc1ccccc1-3. The molecule has 4 rings (SSSR count). The number of aryl methyl sites for hydroxylation is 2. The van der Waals surface area contributed by atoms with E-state index in [-0.39, 0.29) is 17.3 Å². The number of fused-ring (bicyclic) bond motifs is 4. The van der Waals surface area contributed by atoms with E-state index >= 15 is 0 Å². The predicted octanol–water partition coefficient (Wildman–Crippen LogP) is 2.78. The van der Waals surface area contributed by atoms with Crippen LogP contribution in [-0.4, -0.2) is 16.6 Å². The van der Waals surface area contributed by atoms with E-state index < -0.39 is 0 Å². The number of ketones is 2. The molecule has 0 spiro atoms. The molecule has 0 amide bonds. The third kappa shape index (κ3) is 1.50. The second kappa shape index (κ2) is 3.97. The van der Waals surface area contributed by atoms with Crippen LogP contribution in [0.2, 0.25) is 0 Å². The van der Waals surface area contributed by atoms with Gasteiger partial charge in [-0.1, -0.05) is 24.3 Å². The van der Waals surface area contributed by atoms with Crippen LogP contribution in [0.3, 0.4) is 0 Å². The predicted molar refractivity (Wildman–Crippen MR) is 74.9 cm³/mol. The van der Waals surface area contributed by atoms with Crippen LogP contribution in [0.25, 0.3) is 11.3 Å². The van der Waals surface area contributed by atoms with Crippen molar-refractivity contribution in [1.29, 1.82) is 0 Å². The highest BCUT2D eigenvalue weighted by atomic mass is 16.1. The van der Waals surface area contributed by atoms with Crippen molar-refractivity contribution in [2.75, 3.05) is 0 Å². The monoisotopic (exact) mass is 261 g/mol. The van der Waals surface area contributed by atoms with Crippen molar-refractivity contribution in [3.63, 3.8) is 0 Å². The van der Waals surface area contributed by atoms with E-state index in [1.54, 1.807) is 0 Å². The molecule has 1 aromatic heterocycles. The van der Waals surface area contributed by atoms with Crippen LogP contribution in [-0.2, 0) is 12.8 Å². The highest BCUT2D eigenvalue weighted by Gasteiger charge is 2.25. The zero-order valence-corrected chi connectivity index (χ0v) is 10.7. The maximum atomic E-state index is 11.9. The minimum absolute atomic E-state index is 0.131. The van der Waals surface area contributed by atoms with Gasteiger partial charge in [-0.25, -0.2) is 4.98 Å². The van der Waals surface area contributed by atoms with Gasteiger partial charge in [0.15, 0.2) is 5.78 Å². The lowest BCUT2D eigenvalue weighted by molar-refractivity contribution is 0.0990. The normalized spacial score (nSPS) is 15.6. The first-order valence-corrected chi connectivity index (χ1v) is 6.63. The summed E-state index contributed by atoms with van der Waals surface area (Å²) in [5, 5.41) is 0. The van der Waals surface area contributed by atoms with Crippen LogP contribution in [0.1, 0.15) is 32.0 Å². The fraction of sp³-hybridized carbons (Fsp3) is 0.118. The molecule has 96 valence electrons. The standard InChI is InChI=1S/C17H11NO2/c19-14-7-8-15(20)17-13(14)9-11-6-5-10-3-1-2-4-12(10)16(11)18-17/h1-4,7-9H,5-6H2. The number of hydrogen-bond donors (Lipinski definition) is 0. The molecule has 0 saturated heterocycles. The Bertz CT molecular complexity index is 803. The van der Waals surface area contributed by atoms with Crippen LogP contribution in [0, 0.1) is 0 Å². The van der Waals surface area contributed by atoms with Crippen LogP contribution in [0.4, 0.5) is 0 Å². The fourth-order valence-electron chi connectivity index (χ4n) is 2.91. The maximum absolute atomic E-state index is 11.9. The number of hydrogen-bond acceptors (Lipinski definition) is 3. The van der Waals surface area contributed by atoms with Crippen LogP contribution >= 0.6 is 0 Å². The first kappa shape index (κ1) is 11.3. The molecule has 3 heteroatoms. The van der Waals surface area contributed by atoms with Gasteiger partial charge in [0.2, 0.25) is 5.78 Å². The molecule has 1 aromatic carbocycles. The first-order chi connectivity index (χ1) is 9.74.